The van der Waals surface area contributed by atoms with Gasteiger partial charge < -0.3 is 4.57 Å². The van der Waals surface area contributed by atoms with Crippen LogP contribution in [0.25, 0.3) is 11.2 Å². The summed E-state index contributed by atoms with van der Waals surface area (Å²) < 4.78 is 4.10. The summed E-state index contributed by atoms with van der Waals surface area (Å²) in [5.74, 6) is 0.432. The van der Waals surface area contributed by atoms with Gasteiger partial charge in [-0.1, -0.05) is 47.8 Å². The van der Waals surface area contributed by atoms with Crippen molar-refractivity contribution in [2.75, 3.05) is 5.43 Å². The van der Waals surface area contributed by atoms with E-state index in [9.17, 15) is 9.59 Å². The molecule has 2 aromatic heterocycles. The minimum atomic E-state index is -0.490. The van der Waals surface area contributed by atoms with Crippen LogP contribution in [-0.4, -0.2) is 25.3 Å². The molecule has 2 heterocycles. The number of aryl methyl sites for hydroxylation is 2. The van der Waals surface area contributed by atoms with Crippen LogP contribution >= 0.6 is 15.9 Å². The van der Waals surface area contributed by atoms with Gasteiger partial charge in [0.25, 0.3) is 5.56 Å². The predicted molar refractivity (Wildman–Crippen MR) is 110 cm³/mol. The van der Waals surface area contributed by atoms with Crippen LogP contribution in [-0.2, 0) is 13.6 Å². The van der Waals surface area contributed by atoms with Crippen molar-refractivity contribution in [1.29, 1.82) is 0 Å². The Balaban J connectivity index is 1.97. The monoisotopic (exact) mass is 432 g/mol. The normalized spacial score (nSPS) is 11.5. The van der Waals surface area contributed by atoms with Crippen molar-refractivity contribution in [3.05, 3.63) is 55.1 Å². The van der Waals surface area contributed by atoms with Crippen LogP contribution in [0.15, 0.2) is 43.4 Å². The average Bonchev–Trinajstić information content (AvgIpc) is 3.01. The molecule has 0 amide bonds. The van der Waals surface area contributed by atoms with E-state index in [-0.39, 0.29) is 0 Å². The molecule has 142 valence electrons. The Bertz CT molecular complexity index is 1080. The van der Waals surface area contributed by atoms with Crippen molar-refractivity contribution in [1.82, 2.24) is 19.1 Å². The molecule has 0 atom stereocenters. The summed E-state index contributed by atoms with van der Waals surface area (Å²) in [4.78, 5) is 31.0. The van der Waals surface area contributed by atoms with E-state index in [0.717, 1.165) is 29.3 Å². The van der Waals surface area contributed by atoms with E-state index in [2.05, 4.69) is 43.3 Å². The smallest absolute Gasteiger partial charge is 0.303 e. The number of hydrogen-bond acceptors (Lipinski definition) is 5. The van der Waals surface area contributed by atoms with Gasteiger partial charge in [0, 0.05) is 18.1 Å². The summed E-state index contributed by atoms with van der Waals surface area (Å²) in [6.45, 7) is 2.73. The molecule has 9 heteroatoms. The van der Waals surface area contributed by atoms with Gasteiger partial charge in [0.2, 0.25) is 5.95 Å². The van der Waals surface area contributed by atoms with Gasteiger partial charge in [-0.25, -0.2) is 10.2 Å². The number of fused-ring (bicyclic) bond motifs is 1. The Kier molecular flexibility index (Phi) is 5.90. The molecule has 3 rings (SSSR count). The first-order valence-electron chi connectivity index (χ1n) is 8.75. The molecule has 0 unspecified atom stereocenters. The van der Waals surface area contributed by atoms with Crippen molar-refractivity contribution < 1.29 is 0 Å². The van der Waals surface area contributed by atoms with E-state index >= 15 is 0 Å². The van der Waals surface area contributed by atoms with E-state index in [1.54, 1.807) is 17.8 Å². The number of H-pyrrole nitrogens is 1. The topological polar surface area (TPSA) is 97.1 Å². The summed E-state index contributed by atoms with van der Waals surface area (Å²) in [7, 11) is 1.58. The molecule has 0 aliphatic carbocycles. The van der Waals surface area contributed by atoms with Crippen molar-refractivity contribution in [3.63, 3.8) is 0 Å². The fraction of sp³-hybridized carbons (Fsp3) is 0.333. The number of benzene rings is 1. The summed E-state index contributed by atoms with van der Waals surface area (Å²) in [6, 6.07) is 7.70. The maximum absolute atomic E-state index is 12.3. The van der Waals surface area contributed by atoms with Crippen LogP contribution in [0.1, 0.15) is 31.7 Å². The average molecular weight is 433 g/mol. The maximum atomic E-state index is 12.3. The van der Waals surface area contributed by atoms with E-state index in [4.69, 9.17) is 0 Å². The Labute approximate surface area is 164 Å². The second-order valence-corrected chi connectivity index (χ2v) is 7.12. The van der Waals surface area contributed by atoms with E-state index in [1.807, 2.05) is 24.3 Å². The molecule has 0 bridgehead atoms. The molecule has 0 aliphatic rings. The van der Waals surface area contributed by atoms with Gasteiger partial charge in [0.05, 0.1) is 6.21 Å². The first-order valence-corrected chi connectivity index (χ1v) is 9.54. The Morgan fingerprint density at radius 2 is 2.00 bits per heavy atom. The highest BCUT2D eigenvalue weighted by molar-refractivity contribution is 9.10. The van der Waals surface area contributed by atoms with E-state index in [0.29, 0.717) is 23.7 Å². The van der Waals surface area contributed by atoms with Gasteiger partial charge >= 0.3 is 5.69 Å². The Morgan fingerprint density at radius 1 is 1.26 bits per heavy atom. The first kappa shape index (κ1) is 19.1. The van der Waals surface area contributed by atoms with Crippen molar-refractivity contribution in [2.24, 2.45) is 12.1 Å². The third-order valence-electron chi connectivity index (χ3n) is 4.24. The second-order valence-electron chi connectivity index (χ2n) is 6.21. The third kappa shape index (κ3) is 4.19. The number of aromatic nitrogens is 4. The molecule has 0 spiro atoms. The Morgan fingerprint density at radius 3 is 2.70 bits per heavy atom. The SMILES string of the molecule is CCCCCn1c(N/N=C\c2ccc(Br)cc2)nc2c1c(=O)[nH]c(=O)n2C. The molecule has 0 saturated heterocycles. The second kappa shape index (κ2) is 8.34. The van der Waals surface area contributed by atoms with Crippen LogP contribution in [0.2, 0.25) is 0 Å². The lowest BCUT2D eigenvalue weighted by atomic mass is 10.2. The number of unbranched alkanes of at least 4 members (excludes halogenated alkanes) is 2. The number of hydrazone groups is 1. The number of hydrogen-bond donors (Lipinski definition) is 2. The highest BCUT2D eigenvalue weighted by Gasteiger charge is 2.16. The van der Waals surface area contributed by atoms with Crippen molar-refractivity contribution in [2.45, 2.75) is 32.7 Å². The van der Waals surface area contributed by atoms with Gasteiger partial charge in [0.1, 0.15) is 0 Å². The summed E-state index contributed by atoms with van der Waals surface area (Å²) >= 11 is 3.39. The number of aromatic amines is 1. The van der Waals surface area contributed by atoms with Crippen LogP contribution in [0, 0.1) is 0 Å². The fourth-order valence-corrected chi connectivity index (χ4v) is 3.04. The van der Waals surface area contributed by atoms with Crippen LogP contribution in [0.4, 0.5) is 5.95 Å². The predicted octanol–water partition coefficient (Wildman–Crippen LogP) is 2.82. The molecule has 0 radical (unpaired) electrons. The lowest BCUT2D eigenvalue weighted by Gasteiger charge is -2.07. The lowest BCUT2D eigenvalue weighted by Crippen LogP contribution is -2.29. The van der Waals surface area contributed by atoms with Crippen molar-refractivity contribution in [3.8, 4) is 0 Å². The van der Waals surface area contributed by atoms with Crippen LogP contribution in [0.5, 0.6) is 0 Å². The lowest BCUT2D eigenvalue weighted by molar-refractivity contribution is 0.615. The molecule has 0 saturated carbocycles. The van der Waals surface area contributed by atoms with Crippen LogP contribution < -0.4 is 16.7 Å². The molecule has 27 heavy (non-hydrogen) atoms. The minimum Gasteiger partial charge on any atom is -0.303 e. The Hall–Kier alpha value is -2.68. The summed E-state index contributed by atoms with van der Waals surface area (Å²) in [6.07, 6.45) is 4.66. The number of halogens is 1. The molecule has 2 N–H and O–H groups in total. The van der Waals surface area contributed by atoms with Gasteiger partial charge in [-0.3, -0.25) is 14.3 Å². The van der Waals surface area contributed by atoms with Gasteiger partial charge in [-0.2, -0.15) is 10.1 Å². The maximum Gasteiger partial charge on any atom is 0.329 e. The zero-order valence-electron chi connectivity index (χ0n) is 15.2. The zero-order valence-corrected chi connectivity index (χ0v) is 16.8. The number of nitrogens with one attached hydrogen (secondary N) is 2. The van der Waals surface area contributed by atoms with Crippen LogP contribution in [0.3, 0.4) is 0 Å². The molecule has 1 aromatic carbocycles. The molecule has 3 aromatic rings. The highest BCUT2D eigenvalue weighted by Crippen LogP contribution is 2.17. The molecule has 0 fully saturated rings. The summed E-state index contributed by atoms with van der Waals surface area (Å²) in [5, 5.41) is 4.23. The first-order chi connectivity index (χ1) is 13.0. The number of anilines is 1. The number of imidazole rings is 1. The van der Waals surface area contributed by atoms with Gasteiger partial charge in [-0.15, -0.1) is 0 Å². The molecular weight excluding hydrogens is 412 g/mol. The summed E-state index contributed by atoms with van der Waals surface area (Å²) in [5.41, 5.74) is 3.60. The highest BCUT2D eigenvalue weighted by atomic mass is 79.9. The molecular formula is C18H21BrN6O2. The fourth-order valence-electron chi connectivity index (χ4n) is 2.77. The molecule has 8 nitrogen and oxygen atoms in total. The van der Waals surface area contributed by atoms with Gasteiger partial charge in [0.15, 0.2) is 11.2 Å². The van der Waals surface area contributed by atoms with Crippen molar-refractivity contribution >= 4 is 39.3 Å². The number of rotatable bonds is 7. The van der Waals surface area contributed by atoms with Gasteiger partial charge in [-0.05, 0) is 24.1 Å². The van der Waals surface area contributed by atoms with E-state index < -0.39 is 11.2 Å². The molecule has 0 aliphatic heterocycles. The quantitative estimate of drug-likeness (QED) is 0.340. The van der Waals surface area contributed by atoms with E-state index in [1.165, 1.54) is 4.57 Å². The minimum absolute atomic E-state index is 0.335. The zero-order chi connectivity index (χ0) is 19.4. The standard InChI is InChI=1S/C18H21BrN6O2/c1-3-4-5-10-25-14-15(24(2)18(27)22-16(14)26)21-17(25)23-20-11-12-6-8-13(19)9-7-12/h6-9,11H,3-5,10H2,1-2H3,(H,21,23)(H,22,26,27)/b20-11-. The number of nitrogens with zero attached hydrogens (tertiary/aromatic N) is 4. The third-order valence-corrected chi connectivity index (χ3v) is 4.77. The largest absolute Gasteiger partial charge is 0.329 e.